The van der Waals surface area contributed by atoms with Crippen LogP contribution in [0, 0.1) is 0 Å². The van der Waals surface area contributed by atoms with E-state index in [1.165, 1.54) is 0 Å². The SMILES string of the molecule is CCNC(=NCc1cc(OC)ccc1O)N1CCN(CC(=O)NCCOC)CC1.I. The van der Waals surface area contributed by atoms with Gasteiger partial charge in [0.1, 0.15) is 11.5 Å². The van der Waals surface area contributed by atoms with Crippen molar-refractivity contribution in [1.82, 2.24) is 20.4 Å². The van der Waals surface area contributed by atoms with Gasteiger partial charge in [-0.25, -0.2) is 4.99 Å². The van der Waals surface area contributed by atoms with Crippen LogP contribution < -0.4 is 15.4 Å². The highest BCUT2D eigenvalue weighted by molar-refractivity contribution is 14.0. The Morgan fingerprint density at radius 2 is 1.93 bits per heavy atom. The lowest BCUT2D eigenvalue weighted by atomic mass is 10.2. The van der Waals surface area contributed by atoms with Crippen LogP contribution in [0.2, 0.25) is 0 Å². The molecule has 1 aromatic rings. The number of hydrogen-bond donors (Lipinski definition) is 3. The van der Waals surface area contributed by atoms with E-state index in [1.54, 1.807) is 32.4 Å². The first-order chi connectivity index (χ1) is 14.1. The summed E-state index contributed by atoms with van der Waals surface area (Å²) in [6.07, 6.45) is 0. The van der Waals surface area contributed by atoms with Crippen molar-refractivity contribution < 1.29 is 19.4 Å². The summed E-state index contributed by atoms with van der Waals surface area (Å²) in [6, 6.07) is 5.13. The number of aromatic hydroxyl groups is 1. The highest BCUT2D eigenvalue weighted by atomic mass is 127. The number of halogens is 1. The van der Waals surface area contributed by atoms with E-state index in [9.17, 15) is 9.90 Å². The number of nitrogens with one attached hydrogen (secondary N) is 2. The van der Waals surface area contributed by atoms with Crippen LogP contribution >= 0.6 is 24.0 Å². The van der Waals surface area contributed by atoms with E-state index in [1.807, 2.05) is 6.92 Å². The molecule has 1 aliphatic rings. The summed E-state index contributed by atoms with van der Waals surface area (Å²) in [7, 11) is 3.21. The summed E-state index contributed by atoms with van der Waals surface area (Å²) in [5.74, 6) is 1.72. The Bertz CT molecular complexity index is 681. The van der Waals surface area contributed by atoms with Crippen LogP contribution in [0.5, 0.6) is 11.5 Å². The number of nitrogens with zero attached hydrogens (tertiary/aromatic N) is 3. The molecule has 0 radical (unpaired) electrons. The smallest absolute Gasteiger partial charge is 0.234 e. The summed E-state index contributed by atoms with van der Waals surface area (Å²) in [5.41, 5.74) is 0.714. The number of rotatable bonds is 9. The number of methoxy groups -OCH3 is 2. The minimum absolute atomic E-state index is 0. The molecule has 0 aliphatic carbocycles. The third-order valence-electron chi connectivity index (χ3n) is 4.69. The van der Waals surface area contributed by atoms with E-state index in [-0.39, 0.29) is 35.6 Å². The number of amides is 1. The second kappa shape index (κ2) is 14.3. The molecular formula is C20H34IN5O4. The Hall–Kier alpha value is -1.79. The maximum Gasteiger partial charge on any atom is 0.234 e. The second-order valence-corrected chi connectivity index (χ2v) is 6.77. The monoisotopic (exact) mass is 535 g/mol. The lowest BCUT2D eigenvalue weighted by molar-refractivity contribution is -0.122. The molecule has 1 aliphatic heterocycles. The van der Waals surface area contributed by atoms with Crippen LogP contribution in [0.4, 0.5) is 0 Å². The lowest BCUT2D eigenvalue weighted by Gasteiger charge is -2.36. The van der Waals surface area contributed by atoms with Gasteiger partial charge in [0.2, 0.25) is 5.91 Å². The first kappa shape index (κ1) is 26.2. The summed E-state index contributed by atoms with van der Waals surface area (Å²) < 4.78 is 10.2. The number of phenols is 1. The van der Waals surface area contributed by atoms with Crippen molar-refractivity contribution in [2.45, 2.75) is 13.5 Å². The molecule has 9 nitrogen and oxygen atoms in total. The fraction of sp³-hybridized carbons (Fsp3) is 0.600. The average molecular weight is 535 g/mol. The maximum absolute atomic E-state index is 12.0. The van der Waals surface area contributed by atoms with Gasteiger partial charge in [-0.2, -0.15) is 0 Å². The highest BCUT2D eigenvalue weighted by Gasteiger charge is 2.21. The van der Waals surface area contributed by atoms with Gasteiger partial charge in [-0.3, -0.25) is 9.69 Å². The van der Waals surface area contributed by atoms with E-state index in [0.717, 1.165) is 38.7 Å². The van der Waals surface area contributed by atoms with Crippen LogP contribution in [0.1, 0.15) is 12.5 Å². The highest BCUT2D eigenvalue weighted by Crippen LogP contribution is 2.23. The number of guanidine groups is 1. The van der Waals surface area contributed by atoms with E-state index < -0.39 is 0 Å². The zero-order valence-electron chi connectivity index (χ0n) is 18.0. The molecule has 0 saturated carbocycles. The second-order valence-electron chi connectivity index (χ2n) is 6.77. The van der Waals surface area contributed by atoms with Crippen molar-refractivity contribution in [3.63, 3.8) is 0 Å². The molecule has 1 amide bonds. The predicted molar refractivity (Wildman–Crippen MR) is 128 cm³/mol. The molecule has 0 spiro atoms. The van der Waals surface area contributed by atoms with Crippen molar-refractivity contribution in [3.05, 3.63) is 23.8 Å². The first-order valence-corrected chi connectivity index (χ1v) is 9.94. The molecule has 30 heavy (non-hydrogen) atoms. The molecule has 0 unspecified atom stereocenters. The fourth-order valence-electron chi connectivity index (χ4n) is 3.07. The van der Waals surface area contributed by atoms with Gasteiger partial charge in [-0.15, -0.1) is 24.0 Å². The number of hydrogen-bond acceptors (Lipinski definition) is 6. The van der Waals surface area contributed by atoms with E-state index in [4.69, 9.17) is 9.47 Å². The van der Waals surface area contributed by atoms with E-state index >= 15 is 0 Å². The standard InChI is InChI=1S/C20H33N5O4.HI/c1-4-21-20(23-14-16-13-17(29-3)5-6-18(16)26)25-10-8-24(9-11-25)15-19(27)22-7-12-28-2;/h5-6,13,26H,4,7-12,14-15H2,1-3H3,(H,21,23)(H,22,27);1H. The summed E-state index contributed by atoms with van der Waals surface area (Å²) >= 11 is 0. The van der Waals surface area contributed by atoms with Gasteiger partial charge in [0, 0.05) is 51.9 Å². The van der Waals surface area contributed by atoms with Crippen molar-refractivity contribution in [1.29, 1.82) is 0 Å². The van der Waals surface area contributed by atoms with Crippen LogP contribution in [0.25, 0.3) is 0 Å². The fourth-order valence-corrected chi connectivity index (χ4v) is 3.07. The van der Waals surface area contributed by atoms with Crippen LogP contribution in [0.15, 0.2) is 23.2 Å². The third kappa shape index (κ3) is 8.52. The molecule has 3 N–H and O–H groups in total. The first-order valence-electron chi connectivity index (χ1n) is 9.94. The minimum Gasteiger partial charge on any atom is -0.508 e. The Morgan fingerprint density at radius 3 is 2.57 bits per heavy atom. The number of benzene rings is 1. The Balaban J connectivity index is 0.00000450. The zero-order valence-corrected chi connectivity index (χ0v) is 20.3. The van der Waals surface area contributed by atoms with Crippen LogP contribution in [-0.2, 0) is 16.1 Å². The van der Waals surface area contributed by atoms with Gasteiger partial charge >= 0.3 is 0 Å². The molecule has 0 bridgehead atoms. The number of ether oxygens (including phenoxy) is 2. The molecule has 1 fully saturated rings. The van der Waals surface area contributed by atoms with E-state index in [2.05, 4.69) is 25.4 Å². The van der Waals surface area contributed by atoms with Gasteiger partial charge in [-0.05, 0) is 25.1 Å². The largest absolute Gasteiger partial charge is 0.508 e. The number of carbonyl (C=O) groups is 1. The van der Waals surface area contributed by atoms with Gasteiger partial charge in [0.25, 0.3) is 0 Å². The molecule has 2 rings (SSSR count). The van der Waals surface area contributed by atoms with Crippen molar-refractivity contribution in [2.75, 3.05) is 66.6 Å². The number of piperazine rings is 1. The summed E-state index contributed by atoms with van der Waals surface area (Å²) in [4.78, 5) is 21.0. The molecule has 10 heteroatoms. The average Bonchev–Trinajstić information content (AvgIpc) is 2.73. The molecule has 1 heterocycles. The topological polar surface area (TPSA) is 98.7 Å². The van der Waals surface area contributed by atoms with E-state index in [0.29, 0.717) is 37.6 Å². The van der Waals surface area contributed by atoms with Crippen LogP contribution in [-0.4, -0.2) is 93.4 Å². The number of aliphatic imine (C=N–C) groups is 1. The summed E-state index contributed by atoms with van der Waals surface area (Å²) in [6.45, 7) is 7.71. The van der Waals surface area contributed by atoms with Gasteiger partial charge in [0.05, 0.1) is 26.8 Å². The molecule has 1 saturated heterocycles. The maximum atomic E-state index is 12.0. The van der Waals surface area contributed by atoms with Crippen molar-refractivity contribution in [3.8, 4) is 11.5 Å². The van der Waals surface area contributed by atoms with Gasteiger partial charge < -0.3 is 30.1 Å². The van der Waals surface area contributed by atoms with Crippen molar-refractivity contribution in [2.24, 2.45) is 4.99 Å². The summed E-state index contributed by atoms with van der Waals surface area (Å²) in [5, 5.41) is 16.2. The lowest BCUT2D eigenvalue weighted by Crippen LogP contribution is -2.54. The molecule has 1 aromatic carbocycles. The molecule has 170 valence electrons. The Labute approximate surface area is 195 Å². The normalized spacial score (nSPS) is 14.8. The Morgan fingerprint density at radius 1 is 1.20 bits per heavy atom. The number of carbonyl (C=O) groups excluding carboxylic acids is 1. The van der Waals surface area contributed by atoms with Gasteiger partial charge in [-0.1, -0.05) is 0 Å². The zero-order chi connectivity index (χ0) is 21.1. The van der Waals surface area contributed by atoms with Gasteiger partial charge in [0.15, 0.2) is 5.96 Å². The van der Waals surface area contributed by atoms with Crippen molar-refractivity contribution >= 4 is 35.8 Å². The molecule has 0 aromatic heterocycles. The Kier molecular flexibility index (Phi) is 12.5. The predicted octanol–water partition coefficient (Wildman–Crippen LogP) is 0.865. The quantitative estimate of drug-likeness (QED) is 0.187. The molecule has 0 atom stereocenters. The minimum atomic E-state index is 0. The molecular weight excluding hydrogens is 501 g/mol. The van der Waals surface area contributed by atoms with Crippen LogP contribution in [0.3, 0.4) is 0 Å². The third-order valence-corrected chi connectivity index (χ3v) is 4.69. The number of phenolic OH excluding ortho intramolecular Hbond substituents is 1.